The Morgan fingerprint density at radius 2 is 1.57 bits per heavy atom. The molecule has 1 heterocycles. The molecule has 0 bridgehead atoms. The van der Waals surface area contributed by atoms with Crippen LogP contribution in [0.4, 0.5) is 5.69 Å². The van der Waals surface area contributed by atoms with Crippen molar-refractivity contribution in [3.05, 3.63) is 95.6 Å². The van der Waals surface area contributed by atoms with Gasteiger partial charge < -0.3 is 15.1 Å². The predicted molar refractivity (Wildman–Crippen MR) is 115 cm³/mol. The molecule has 4 rings (SSSR count). The Bertz CT molecular complexity index is 1080. The summed E-state index contributed by atoms with van der Waals surface area (Å²) in [5.74, 6) is -1.14. The molecule has 0 spiro atoms. The molecule has 0 saturated heterocycles. The van der Waals surface area contributed by atoms with Crippen molar-refractivity contribution < 1.29 is 19.8 Å². The maximum atomic E-state index is 13.2. The summed E-state index contributed by atoms with van der Waals surface area (Å²) in [6, 6.07) is 23.2. The first kappa shape index (κ1) is 19.9. The largest absolute Gasteiger partial charge is 0.507 e. The van der Waals surface area contributed by atoms with Crippen LogP contribution in [0.25, 0.3) is 0 Å². The number of Topliss-reactive ketones (excluding diaryl/α,β-unsaturated/α-hetero) is 1. The van der Waals surface area contributed by atoms with Gasteiger partial charge in [-0.05, 0) is 36.6 Å². The molecule has 0 unspecified atom stereocenters. The van der Waals surface area contributed by atoms with Crippen molar-refractivity contribution in [3.63, 3.8) is 0 Å². The lowest BCUT2D eigenvalue weighted by Gasteiger charge is -2.23. The first-order valence-electron chi connectivity index (χ1n) is 9.99. The van der Waals surface area contributed by atoms with E-state index >= 15 is 0 Å². The molecule has 2 N–H and O–H groups in total. The zero-order chi connectivity index (χ0) is 21.1. The second kappa shape index (κ2) is 8.13. The van der Waals surface area contributed by atoms with Gasteiger partial charge in [-0.1, -0.05) is 60.7 Å². The van der Waals surface area contributed by atoms with Crippen molar-refractivity contribution >= 4 is 17.4 Å². The summed E-state index contributed by atoms with van der Waals surface area (Å²) < 4.78 is 0. The lowest BCUT2D eigenvalue weighted by Crippen LogP contribution is -2.42. The van der Waals surface area contributed by atoms with Crippen molar-refractivity contribution in [2.24, 2.45) is 0 Å². The molecule has 1 aliphatic rings. The molecule has 1 atom stereocenters. The summed E-state index contributed by atoms with van der Waals surface area (Å²) in [5.41, 5.74) is 0.394. The minimum Gasteiger partial charge on any atom is -0.507 e. The van der Waals surface area contributed by atoms with Crippen molar-refractivity contribution in [2.45, 2.75) is 24.9 Å². The molecule has 5 nitrogen and oxygen atoms in total. The number of ketones is 1. The number of benzene rings is 3. The lowest BCUT2D eigenvalue weighted by atomic mass is 9.88. The Hall–Kier alpha value is -3.44. The van der Waals surface area contributed by atoms with Gasteiger partial charge >= 0.3 is 0 Å². The molecule has 152 valence electrons. The van der Waals surface area contributed by atoms with E-state index in [2.05, 4.69) is 0 Å². The molecule has 3 aromatic carbocycles. The highest BCUT2D eigenvalue weighted by molar-refractivity contribution is 6.11. The second-order valence-corrected chi connectivity index (χ2v) is 7.54. The number of rotatable bonds is 7. The standard InChI is InChI=1S/C25H23NO4/c27-22-15-7-4-12-19(22)23(28)17-25(30)20-13-5-6-14-21(20)26(24(25)29)16-8-11-18-9-2-1-3-10-18/h1-7,9-10,12-15,27,30H,8,11,16-17H2/t25-/m1/s1. The highest BCUT2D eigenvalue weighted by Crippen LogP contribution is 2.43. The van der Waals surface area contributed by atoms with Crippen LogP contribution in [-0.2, 0) is 16.8 Å². The third kappa shape index (κ3) is 3.60. The van der Waals surface area contributed by atoms with Crippen LogP contribution in [0.15, 0.2) is 78.9 Å². The monoisotopic (exact) mass is 401 g/mol. The molecule has 0 aliphatic carbocycles. The summed E-state index contributed by atoms with van der Waals surface area (Å²) >= 11 is 0. The average Bonchev–Trinajstić information content (AvgIpc) is 2.97. The number of hydrogen-bond donors (Lipinski definition) is 2. The van der Waals surface area contributed by atoms with Crippen LogP contribution < -0.4 is 4.90 Å². The van der Waals surface area contributed by atoms with E-state index in [1.165, 1.54) is 17.7 Å². The summed E-state index contributed by atoms with van der Waals surface area (Å²) in [7, 11) is 0. The minimum atomic E-state index is -1.94. The molecule has 1 amide bonds. The van der Waals surface area contributed by atoms with Crippen LogP contribution in [0, 0.1) is 0 Å². The SMILES string of the molecule is O=C(C[C@]1(O)C(=O)N(CCCc2ccccc2)c2ccccc21)c1ccccc1O. The van der Waals surface area contributed by atoms with Gasteiger partial charge in [0.1, 0.15) is 5.75 Å². The minimum absolute atomic E-state index is 0.0960. The molecule has 1 aliphatic heterocycles. The number of para-hydroxylation sites is 2. The number of carbonyl (C=O) groups excluding carboxylic acids is 2. The molecule has 5 heteroatoms. The Labute approximate surface area is 175 Å². The van der Waals surface area contributed by atoms with Crippen LogP contribution in [-0.4, -0.2) is 28.4 Å². The predicted octanol–water partition coefficient (Wildman–Crippen LogP) is 3.83. The Morgan fingerprint density at radius 3 is 2.33 bits per heavy atom. The summed E-state index contributed by atoms with van der Waals surface area (Å²) in [5, 5.41) is 21.3. The highest BCUT2D eigenvalue weighted by Gasteiger charge is 2.50. The summed E-state index contributed by atoms with van der Waals surface area (Å²) in [4.78, 5) is 27.6. The summed E-state index contributed by atoms with van der Waals surface area (Å²) in [6.45, 7) is 0.442. The molecule has 3 aromatic rings. The van der Waals surface area contributed by atoms with Gasteiger partial charge in [0.25, 0.3) is 5.91 Å². The maximum Gasteiger partial charge on any atom is 0.264 e. The van der Waals surface area contributed by atoms with Gasteiger partial charge in [-0.3, -0.25) is 9.59 Å². The molecule has 0 aromatic heterocycles. The van der Waals surface area contributed by atoms with Gasteiger partial charge in [0.05, 0.1) is 17.7 Å². The number of aryl methyl sites for hydroxylation is 1. The quantitative estimate of drug-likeness (QED) is 0.590. The number of amides is 1. The molecule has 0 fully saturated rings. The first-order valence-corrected chi connectivity index (χ1v) is 9.99. The molecule has 0 radical (unpaired) electrons. The van der Waals surface area contributed by atoms with Crippen LogP contribution >= 0.6 is 0 Å². The van der Waals surface area contributed by atoms with Gasteiger partial charge in [-0.15, -0.1) is 0 Å². The van der Waals surface area contributed by atoms with Gasteiger partial charge in [0.15, 0.2) is 11.4 Å². The summed E-state index contributed by atoms with van der Waals surface area (Å²) in [6.07, 6.45) is 1.12. The fourth-order valence-corrected chi connectivity index (χ4v) is 4.02. The van der Waals surface area contributed by atoms with Crippen molar-refractivity contribution in [3.8, 4) is 5.75 Å². The van der Waals surface area contributed by atoms with E-state index in [9.17, 15) is 19.8 Å². The fraction of sp³-hybridized carbons (Fsp3) is 0.200. The van der Waals surface area contributed by atoms with Crippen molar-refractivity contribution in [1.29, 1.82) is 0 Å². The van der Waals surface area contributed by atoms with Gasteiger partial charge in [0.2, 0.25) is 0 Å². The number of fused-ring (bicyclic) bond motifs is 1. The number of hydrogen-bond acceptors (Lipinski definition) is 4. The van der Waals surface area contributed by atoms with E-state index in [0.717, 1.165) is 12.8 Å². The number of aliphatic hydroxyl groups is 1. The molecule has 30 heavy (non-hydrogen) atoms. The highest BCUT2D eigenvalue weighted by atomic mass is 16.3. The fourth-order valence-electron chi connectivity index (χ4n) is 4.02. The number of phenols is 1. The molecular formula is C25H23NO4. The van der Waals surface area contributed by atoms with Gasteiger partial charge in [-0.2, -0.15) is 0 Å². The number of phenolic OH excluding ortho intramolecular Hbond substituents is 1. The average molecular weight is 401 g/mol. The van der Waals surface area contributed by atoms with E-state index in [1.807, 2.05) is 36.4 Å². The van der Waals surface area contributed by atoms with Crippen LogP contribution in [0.2, 0.25) is 0 Å². The molecular weight excluding hydrogens is 378 g/mol. The maximum absolute atomic E-state index is 13.2. The zero-order valence-corrected chi connectivity index (χ0v) is 16.5. The van der Waals surface area contributed by atoms with E-state index in [0.29, 0.717) is 17.8 Å². The topological polar surface area (TPSA) is 77.8 Å². The van der Waals surface area contributed by atoms with Crippen LogP contribution in [0.5, 0.6) is 5.75 Å². The van der Waals surface area contributed by atoms with E-state index < -0.39 is 23.7 Å². The van der Waals surface area contributed by atoms with E-state index in [1.54, 1.807) is 35.2 Å². The van der Waals surface area contributed by atoms with E-state index in [4.69, 9.17) is 0 Å². The number of anilines is 1. The van der Waals surface area contributed by atoms with Crippen LogP contribution in [0.1, 0.15) is 34.3 Å². The number of carbonyl (C=O) groups is 2. The second-order valence-electron chi connectivity index (χ2n) is 7.54. The Morgan fingerprint density at radius 1 is 0.900 bits per heavy atom. The van der Waals surface area contributed by atoms with Gasteiger partial charge in [0, 0.05) is 12.1 Å². The molecule has 0 saturated carbocycles. The van der Waals surface area contributed by atoms with E-state index in [-0.39, 0.29) is 11.3 Å². The Balaban J connectivity index is 1.56. The third-order valence-electron chi connectivity index (χ3n) is 5.55. The van der Waals surface area contributed by atoms with Gasteiger partial charge in [-0.25, -0.2) is 0 Å². The smallest absolute Gasteiger partial charge is 0.264 e. The van der Waals surface area contributed by atoms with Crippen LogP contribution in [0.3, 0.4) is 0 Å². The first-order chi connectivity index (χ1) is 14.5. The number of nitrogens with zero attached hydrogens (tertiary/aromatic N) is 1. The number of aromatic hydroxyl groups is 1. The normalized spacial score (nSPS) is 17.8. The van der Waals surface area contributed by atoms with Crippen molar-refractivity contribution in [1.82, 2.24) is 0 Å². The Kier molecular flexibility index (Phi) is 5.38. The van der Waals surface area contributed by atoms with Crippen molar-refractivity contribution in [2.75, 3.05) is 11.4 Å². The third-order valence-corrected chi connectivity index (χ3v) is 5.55. The lowest BCUT2D eigenvalue weighted by molar-refractivity contribution is -0.135. The zero-order valence-electron chi connectivity index (χ0n) is 16.5.